The summed E-state index contributed by atoms with van der Waals surface area (Å²) in [4.78, 5) is 34.8. The number of carbonyl (C=O) groups is 3. The summed E-state index contributed by atoms with van der Waals surface area (Å²) in [5.41, 5.74) is 0.0378. The van der Waals surface area contributed by atoms with E-state index >= 15 is 0 Å². The second-order valence-corrected chi connectivity index (χ2v) is 9.65. The summed E-state index contributed by atoms with van der Waals surface area (Å²) in [6, 6.07) is 4.59. The maximum atomic E-state index is 12.1. The third kappa shape index (κ3) is 9.79. The molecule has 0 saturated carbocycles. The summed E-state index contributed by atoms with van der Waals surface area (Å²) in [7, 11) is -3.98. The summed E-state index contributed by atoms with van der Waals surface area (Å²) in [5.74, 6) is -3.81. The first-order valence-corrected chi connectivity index (χ1v) is 11.0. The van der Waals surface area contributed by atoms with Crippen molar-refractivity contribution in [3.63, 3.8) is 0 Å². The first kappa shape index (κ1) is 26.4. The molecule has 0 aliphatic rings. The van der Waals surface area contributed by atoms with Crippen molar-refractivity contribution in [1.82, 2.24) is 5.32 Å². The van der Waals surface area contributed by atoms with Gasteiger partial charge in [-0.05, 0) is 59.1 Å². The fourth-order valence-corrected chi connectivity index (χ4v) is 3.51. The van der Waals surface area contributed by atoms with Gasteiger partial charge in [0.05, 0.1) is 17.4 Å². The second-order valence-electron chi connectivity index (χ2n) is 8.04. The molecule has 31 heavy (non-hydrogen) atoms. The van der Waals surface area contributed by atoms with E-state index in [4.69, 9.17) is 8.92 Å². The minimum absolute atomic E-state index is 0.0135. The number of rotatable bonds is 11. The van der Waals surface area contributed by atoms with Crippen LogP contribution in [0.2, 0.25) is 0 Å². The molecule has 0 heterocycles. The van der Waals surface area contributed by atoms with E-state index in [1.54, 1.807) is 32.9 Å². The zero-order valence-electron chi connectivity index (χ0n) is 18.0. The molecule has 1 aromatic carbocycles. The number of hydrogen-bond donors (Lipinski definition) is 3. The van der Waals surface area contributed by atoms with Gasteiger partial charge in [0.1, 0.15) is 11.6 Å². The van der Waals surface area contributed by atoms with Crippen LogP contribution in [0.15, 0.2) is 29.2 Å². The molecule has 0 spiro atoms. The Morgan fingerprint density at radius 2 is 1.65 bits per heavy atom. The molecule has 1 rings (SSSR count). The van der Waals surface area contributed by atoms with Gasteiger partial charge in [-0.1, -0.05) is 17.7 Å². The van der Waals surface area contributed by atoms with Crippen LogP contribution >= 0.6 is 0 Å². The van der Waals surface area contributed by atoms with Crippen LogP contribution in [0, 0.1) is 12.8 Å². The lowest BCUT2D eigenvalue weighted by molar-refractivity contribution is -0.144. The zero-order valence-corrected chi connectivity index (χ0v) is 18.8. The van der Waals surface area contributed by atoms with Gasteiger partial charge in [0.2, 0.25) is 0 Å². The number of alkyl carbamates (subject to hydrolysis) is 1. The zero-order chi connectivity index (χ0) is 23.8. The lowest BCUT2D eigenvalue weighted by Gasteiger charge is -2.23. The third-order valence-corrected chi connectivity index (χ3v) is 5.43. The van der Waals surface area contributed by atoms with E-state index in [1.807, 2.05) is 6.92 Å². The van der Waals surface area contributed by atoms with Crippen molar-refractivity contribution in [2.24, 2.45) is 5.92 Å². The highest BCUT2D eigenvalue weighted by molar-refractivity contribution is 7.86. The lowest BCUT2D eigenvalue weighted by atomic mass is 9.95. The van der Waals surface area contributed by atoms with Crippen molar-refractivity contribution in [1.29, 1.82) is 0 Å². The molecular formula is C20H29NO9S. The van der Waals surface area contributed by atoms with Crippen molar-refractivity contribution in [3.05, 3.63) is 29.8 Å². The van der Waals surface area contributed by atoms with Crippen molar-refractivity contribution >= 4 is 28.1 Å². The molecule has 2 atom stereocenters. The Labute approximate surface area is 181 Å². The number of aliphatic carboxylic acids is 2. The quantitative estimate of drug-likeness (QED) is 0.334. The van der Waals surface area contributed by atoms with Gasteiger partial charge < -0.3 is 20.3 Å². The van der Waals surface area contributed by atoms with Gasteiger partial charge in [-0.25, -0.2) is 9.59 Å². The van der Waals surface area contributed by atoms with Crippen LogP contribution in [-0.4, -0.2) is 54.9 Å². The van der Waals surface area contributed by atoms with E-state index in [9.17, 15) is 33.0 Å². The Hall–Kier alpha value is -2.66. The van der Waals surface area contributed by atoms with Crippen LogP contribution in [0.3, 0.4) is 0 Å². The molecular weight excluding hydrogens is 430 g/mol. The largest absolute Gasteiger partial charge is 0.481 e. The van der Waals surface area contributed by atoms with Crippen LogP contribution in [0.5, 0.6) is 0 Å². The second kappa shape index (κ2) is 11.1. The number of hydrogen-bond acceptors (Lipinski definition) is 7. The summed E-state index contributed by atoms with van der Waals surface area (Å²) in [6.45, 7) is 6.36. The molecule has 174 valence electrons. The maximum Gasteiger partial charge on any atom is 0.408 e. The molecule has 0 aliphatic carbocycles. The number of nitrogens with one attached hydrogen (secondary N) is 1. The summed E-state index contributed by atoms with van der Waals surface area (Å²) in [6.07, 6.45) is -1.36. The Kier molecular flexibility index (Phi) is 9.44. The van der Waals surface area contributed by atoms with E-state index in [0.29, 0.717) is 0 Å². The highest BCUT2D eigenvalue weighted by atomic mass is 32.2. The predicted molar refractivity (Wildman–Crippen MR) is 110 cm³/mol. The van der Waals surface area contributed by atoms with Crippen molar-refractivity contribution in [3.8, 4) is 0 Å². The minimum atomic E-state index is -3.98. The third-order valence-electron chi connectivity index (χ3n) is 4.10. The first-order chi connectivity index (χ1) is 14.2. The van der Waals surface area contributed by atoms with E-state index in [-0.39, 0.29) is 24.3 Å². The van der Waals surface area contributed by atoms with E-state index in [0.717, 1.165) is 5.56 Å². The molecule has 0 radical (unpaired) electrons. The highest BCUT2D eigenvalue weighted by Gasteiger charge is 2.30. The predicted octanol–water partition coefficient (Wildman–Crippen LogP) is 2.55. The fourth-order valence-electron chi connectivity index (χ4n) is 2.57. The average molecular weight is 460 g/mol. The van der Waals surface area contributed by atoms with E-state index in [1.165, 1.54) is 12.1 Å². The molecule has 10 nitrogen and oxygen atoms in total. The number of aryl methyl sites for hydroxylation is 1. The Morgan fingerprint density at radius 1 is 1.06 bits per heavy atom. The molecule has 0 bridgehead atoms. The monoisotopic (exact) mass is 459 g/mol. The molecule has 0 unspecified atom stereocenters. The number of amides is 1. The first-order valence-electron chi connectivity index (χ1n) is 9.62. The fraction of sp³-hybridized carbons (Fsp3) is 0.550. The molecule has 1 aromatic rings. The van der Waals surface area contributed by atoms with Gasteiger partial charge in [0.15, 0.2) is 0 Å². The normalized spacial score (nSPS) is 13.8. The molecule has 0 fully saturated rings. The Balaban J connectivity index is 2.64. The average Bonchev–Trinajstić information content (AvgIpc) is 2.61. The number of benzene rings is 1. The van der Waals surface area contributed by atoms with Crippen molar-refractivity contribution in [2.75, 3.05) is 6.61 Å². The number of carboxylic acids is 2. The summed E-state index contributed by atoms with van der Waals surface area (Å²) >= 11 is 0. The summed E-state index contributed by atoms with van der Waals surface area (Å²) in [5, 5.41) is 20.8. The van der Waals surface area contributed by atoms with Gasteiger partial charge >= 0.3 is 18.0 Å². The highest BCUT2D eigenvalue weighted by Crippen LogP contribution is 2.18. The molecule has 0 aromatic heterocycles. The Bertz CT molecular complexity index is 873. The van der Waals surface area contributed by atoms with E-state index < -0.39 is 52.1 Å². The minimum Gasteiger partial charge on any atom is -0.481 e. The van der Waals surface area contributed by atoms with Crippen LogP contribution in [0.4, 0.5) is 4.79 Å². The molecule has 1 amide bonds. The van der Waals surface area contributed by atoms with Crippen LogP contribution < -0.4 is 5.32 Å². The molecule has 0 saturated heterocycles. The van der Waals surface area contributed by atoms with Gasteiger partial charge in [-0.3, -0.25) is 8.98 Å². The molecule has 11 heteroatoms. The van der Waals surface area contributed by atoms with Crippen LogP contribution in [0.25, 0.3) is 0 Å². The number of carboxylic acid groups (broad SMARTS) is 2. The van der Waals surface area contributed by atoms with Gasteiger partial charge in [-0.15, -0.1) is 0 Å². The maximum absolute atomic E-state index is 12.1. The van der Waals surface area contributed by atoms with Gasteiger partial charge in [0.25, 0.3) is 10.1 Å². The van der Waals surface area contributed by atoms with Crippen LogP contribution in [-0.2, 0) is 28.6 Å². The Morgan fingerprint density at radius 3 is 2.13 bits per heavy atom. The van der Waals surface area contributed by atoms with Gasteiger partial charge in [0, 0.05) is 0 Å². The number of carbonyl (C=O) groups excluding carboxylic acids is 1. The van der Waals surface area contributed by atoms with E-state index in [2.05, 4.69) is 5.32 Å². The molecule has 3 N–H and O–H groups in total. The van der Waals surface area contributed by atoms with Crippen molar-refractivity contribution in [2.45, 2.75) is 63.5 Å². The summed E-state index contributed by atoms with van der Waals surface area (Å²) < 4.78 is 34.2. The smallest absolute Gasteiger partial charge is 0.408 e. The standard InChI is InChI=1S/C20H29NO9S/c1-13-7-9-15(10-8-13)31(27,28)29-11-5-6-14(17(22)23)12-16(18(24)25)21-19(26)30-20(2,3)4/h7-10,14,16H,5-6,11-12H2,1-4H3,(H,21,26)(H,22,23)(H,24,25)/t14-,16+/m1/s1. The number of ether oxygens (including phenoxy) is 1. The molecule has 0 aliphatic heterocycles. The SMILES string of the molecule is Cc1ccc(S(=O)(=O)OCCC[C@H](C[C@H](NC(=O)OC(C)(C)C)C(=O)O)C(=O)O)cc1. The van der Waals surface area contributed by atoms with Gasteiger partial charge in [-0.2, -0.15) is 8.42 Å². The van der Waals surface area contributed by atoms with Crippen LogP contribution in [0.1, 0.15) is 45.6 Å². The lowest BCUT2D eigenvalue weighted by Crippen LogP contribution is -2.45. The van der Waals surface area contributed by atoms with Crippen molar-refractivity contribution < 1.29 is 41.9 Å². The topological polar surface area (TPSA) is 156 Å².